The van der Waals surface area contributed by atoms with Crippen LogP contribution in [0.1, 0.15) is 24.0 Å². The Labute approximate surface area is 119 Å². The quantitative estimate of drug-likeness (QED) is 0.849. The first kappa shape index (κ1) is 14.3. The molecule has 0 saturated carbocycles. The van der Waals surface area contributed by atoms with Crippen molar-refractivity contribution >= 4 is 5.97 Å². The minimum Gasteiger partial charge on any atom is -0.461 e. The Bertz CT molecular complexity index is 500. The second-order valence-electron chi connectivity index (χ2n) is 4.70. The Morgan fingerprint density at radius 1 is 1.00 bits per heavy atom. The highest BCUT2D eigenvalue weighted by atomic mass is 16.5. The van der Waals surface area contributed by atoms with E-state index in [9.17, 15) is 4.79 Å². The van der Waals surface area contributed by atoms with Gasteiger partial charge in [0.1, 0.15) is 6.10 Å². The van der Waals surface area contributed by atoms with Gasteiger partial charge in [0.05, 0.1) is 6.54 Å². The average Bonchev–Trinajstić information content (AvgIpc) is 2.49. The van der Waals surface area contributed by atoms with Gasteiger partial charge in [-0.25, -0.2) is 0 Å². The molecule has 0 spiro atoms. The van der Waals surface area contributed by atoms with Crippen molar-refractivity contribution in [2.45, 2.75) is 18.9 Å². The Kier molecular flexibility index (Phi) is 4.91. The molecule has 0 radical (unpaired) electrons. The van der Waals surface area contributed by atoms with Crippen molar-refractivity contribution in [1.82, 2.24) is 0 Å². The molecule has 2 aromatic rings. The number of carbonyl (C=O) groups is 1. The molecule has 1 atom stereocenters. The van der Waals surface area contributed by atoms with Crippen LogP contribution in [-0.2, 0) is 9.53 Å². The van der Waals surface area contributed by atoms with Crippen molar-refractivity contribution in [3.63, 3.8) is 0 Å². The summed E-state index contributed by atoms with van der Waals surface area (Å²) in [5.41, 5.74) is 7.57. The Morgan fingerprint density at radius 2 is 1.45 bits per heavy atom. The molecule has 0 fully saturated rings. The molecule has 2 N–H and O–H groups in total. The van der Waals surface area contributed by atoms with E-state index >= 15 is 0 Å². The van der Waals surface area contributed by atoms with Crippen LogP contribution in [0.4, 0.5) is 0 Å². The number of ether oxygens (including phenoxy) is 1. The van der Waals surface area contributed by atoms with Crippen LogP contribution in [0.2, 0.25) is 0 Å². The molecule has 0 heterocycles. The van der Waals surface area contributed by atoms with Crippen molar-refractivity contribution in [3.8, 4) is 0 Å². The first-order chi connectivity index (χ1) is 9.72. The number of carbonyl (C=O) groups excluding carboxylic acids is 1. The van der Waals surface area contributed by atoms with Crippen molar-refractivity contribution < 1.29 is 9.53 Å². The van der Waals surface area contributed by atoms with Crippen LogP contribution < -0.4 is 5.73 Å². The van der Waals surface area contributed by atoms with Crippen molar-refractivity contribution in [1.29, 1.82) is 0 Å². The number of hydrogen-bond acceptors (Lipinski definition) is 3. The minimum absolute atomic E-state index is 0.00731. The molecule has 20 heavy (non-hydrogen) atoms. The SMILES string of the molecule is CC(OC(=O)CN)C(c1ccccc1)c1ccccc1. The lowest BCUT2D eigenvalue weighted by molar-refractivity contribution is -0.147. The van der Waals surface area contributed by atoms with Crippen LogP contribution in [-0.4, -0.2) is 18.6 Å². The maximum atomic E-state index is 11.4. The lowest BCUT2D eigenvalue weighted by Gasteiger charge is -2.25. The summed E-state index contributed by atoms with van der Waals surface area (Å²) in [6.07, 6.45) is -0.268. The fourth-order valence-corrected chi connectivity index (χ4v) is 2.38. The third-order valence-electron chi connectivity index (χ3n) is 3.27. The van der Waals surface area contributed by atoms with E-state index in [1.807, 2.05) is 67.6 Å². The van der Waals surface area contributed by atoms with Gasteiger partial charge < -0.3 is 10.5 Å². The molecule has 1 unspecified atom stereocenters. The summed E-state index contributed by atoms with van der Waals surface area (Å²) in [4.78, 5) is 11.4. The van der Waals surface area contributed by atoms with Gasteiger partial charge in [-0.15, -0.1) is 0 Å². The highest BCUT2D eigenvalue weighted by molar-refractivity contribution is 5.71. The topological polar surface area (TPSA) is 52.3 Å². The minimum atomic E-state index is -0.380. The van der Waals surface area contributed by atoms with E-state index in [1.165, 1.54) is 0 Å². The maximum absolute atomic E-state index is 11.4. The molecule has 0 aliphatic carbocycles. The smallest absolute Gasteiger partial charge is 0.319 e. The van der Waals surface area contributed by atoms with Gasteiger partial charge in [-0.05, 0) is 18.1 Å². The van der Waals surface area contributed by atoms with E-state index < -0.39 is 0 Å². The van der Waals surface area contributed by atoms with Gasteiger partial charge >= 0.3 is 5.97 Å². The van der Waals surface area contributed by atoms with E-state index in [-0.39, 0.29) is 24.5 Å². The highest BCUT2D eigenvalue weighted by Gasteiger charge is 2.23. The largest absolute Gasteiger partial charge is 0.461 e. The molecule has 104 valence electrons. The van der Waals surface area contributed by atoms with E-state index in [2.05, 4.69) is 0 Å². The van der Waals surface area contributed by atoms with Gasteiger partial charge in [0.2, 0.25) is 0 Å². The number of esters is 1. The lowest BCUT2D eigenvalue weighted by atomic mass is 9.87. The predicted molar refractivity (Wildman–Crippen MR) is 79.3 cm³/mol. The van der Waals surface area contributed by atoms with Gasteiger partial charge in [0.15, 0.2) is 0 Å². The number of nitrogens with two attached hydrogens (primary N) is 1. The van der Waals surface area contributed by atoms with Crippen LogP contribution >= 0.6 is 0 Å². The molecule has 0 aliphatic heterocycles. The van der Waals surface area contributed by atoms with Crippen LogP contribution in [0.5, 0.6) is 0 Å². The summed E-state index contributed by atoms with van der Waals surface area (Å²) < 4.78 is 5.41. The molecule has 2 rings (SSSR count). The van der Waals surface area contributed by atoms with Crippen molar-refractivity contribution in [2.24, 2.45) is 5.73 Å². The fourth-order valence-electron chi connectivity index (χ4n) is 2.38. The zero-order valence-electron chi connectivity index (χ0n) is 11.5. The fraction of sp³-hybridized carbons (Fsp3) is 0.235. The lowest BCUT2D eigenvalue weighted by Crippen LogP contribution is -2.27. The Hall–Kier alpha value is -2.13. The molecule has 3 nitrogen and oxygen atoms in total. The monoisotopic (exact) mass is 269 g/mol. The van der Waals surface area contributed by atoms with Gasteiger partial charge in [-0.3, -0.25) is 4.79 Å². The van der Waals surface area contributed by atoms with E-state index in [0.717, 1.165) is 11.1 Å². The van der Waals surface area contributed by atoms with Crippen LogP contribution in [0, 0.1) is 0 Å². The van der Waals surface area contributed by atoms with Crippen molar-refractivity contribution in [3.05, 3.63) is 71.8 Å². The Morgan fingerprint density at radius 3 is 1.85 bits per heavy atom. The van der Waals surface area contributed by atoms with Crippen molar-refractivity contribution in [2.75, 3.05) is 6.54 Å². The third-order valence-corrected chi connectivity index (χ3v) is 3.27. The molecule has 0 saturated heterocycles. The molecule has 3 heteroatoms. The molecular formula is C17H19NO2. The van der Waals surface area contributed by atoms with E-state index in [0.29, 0.717) is 0 Å². The highest BCUT2D eigenvalue weighted by Crippen LogP contribution is 2.29. The number of rotatable bonds is 5. The van der Waals surface area contributed by atoms with Crippen LogP contribution in [0.25, 0.3) is 0 Å². The summed E-state index contributed by atoms with van der Waals surface area (Å²) in [6.45, 7) is 1.80. The first-order valence-electron chi connectivity index (χ1n) is 6.72. The molecular weight excluding hydrogens is 250 g/mol. The normalized spacial score (nSPS) is 12.2. The molecule has 0 aromatic heterocycles. The zero-order chi connectivity index (χ0) is 14.4. The van der Waals surface area contributed by atoms with Crippen LogP contribution in [0.15, 0.2) is 60.7 Å². The molecule has 0 aliphatic rings. The predicted octanol–water partition coefficient (Wildman–Crippen LogP) is 2.71. The number of benzene rings is 2. The molecule has 0 amide bonds. The van der Waals surface area contributed by atoms with Crippen LogP contribution in [0.3, 0.4) is 0 Å². The maximum Gasteiger partial charge on any atom is 0.319 e. The van der Waals surface area contributed by atoms with Gasteiger partial charge in [-0.2, -0.15) is 0 Å². The van der Waals surface area contributed by atoms with E-state index in [1.54, 1.807) is 0 Å². The van der Waals surface area contributed by atoms with Gasteiger partial charge in [-0.1, -0.05) is 60.7 Å². The standard InChI is InChI=1S/C17H19NO2/c1-13(20-16(19)12-18)17(14-8-4-2-5-9-14)15-10-6-3-7-11-15/h2-11,13,17H,12,18H2,1H3. The summed E-state index contributed by atoms with van der Waals surface area (Å²) in [5.74, 6) is -0.373. The summed E-state index contributed by atoms with van der Waals surface area (Å²) >= 11 is 0. The van der Waals surface area contributed by atoms with Gasteiger partial charge in [0.25, 0.3) is 0 Å². The molecule has 0 bridgehead atoms. The summed E-state index contributed by atoms with van der Waals surface area (Å²) in [6, 6.07) is 20.1. The summed E-state index contributed by atoms with van der Waals surface area (Å²) in [5, 5.41) is 0. The summed E-state index contributed by atoms with van der Waals surface area (Å²) in [7, 11) is 0. The first-order valence-corrected chi connectivity index (χ1v) is 6.72. The second-order valence-corrected chi connectivity index (χ2v) is 4.70. The van der Waals surface area contributed by atoms with E-state index in [4.69, 9.17) is 10.5 Å². The average molecular weight is 269 g/mol. The third kappa shape index (κ3) is 3.45. The molecule has 2 aromatic carbocycles. The number of hydrogen-bond donors (Lipinski definition) is 1. The Balaban J connectivity index is 2.32. The second kappa shape index (κ2) is 6.87. The van der Waals surface area contributed by atoms with Gasteiger partial charge in [0, 0.05) is 5.92 Å². The zero-order valence-corrected chi connectivity index (χ0v) is 11.5.